The van der Waals surface area contributed by atoms with Crippen LogP contribution in [-0.2, 0) is 0 Å². The smallest absolute Gasteiger partial charge is 0.271 e. The topological polar surface area (TPSA) is 92.9 Å². The molecule has 0 fully saturated rings. The lowest BCUT2D eigenvalue weighted by Gasteiger charge is -2.05. The summed E-state index contributed by atoms with van der Waals surface area (Å²) in [6.07, 6.45) is 0. The van der Waals surface area contributed by atoms with Gasteiger partial charge in [0.25, 0.3) is 5.69 Å². The average molecular weight is 191 g/mol. The average Bonchev–Trinajstić information content (AvgIpc) is 2.16. The maximum absolute atomic E-state index is 10.4. The fraction of sp³-hybridized carbons (Fsp3) is 0.222. The predicted molar refractivity (Wildman–Crippen MR) is 51.5 cm³/mol. The molecule has 1 atom stereocenters. The van der Waals surface area contributed by atoms with Crippen LogP contribution in [0.4, 0.5) is 11.4 Å². The van der Waals surface area contributed by atoms with Gasteiger partial charge in [-0.25, -0.2) is 0 Å². The maximum atomic E-state index is 10.4. The van der Waals surface area contributed by atoms with E-state index in [0.29, 0.717) is 5.56 Å². The summed E-state index contributed by atoms with van der Waals surface area (Å²) in [5.41, 5.74) is 6.43. The highest BCUT2D eigenvalue weighted by atomic mass is 16.6. The van der Waals surface area contributed by atoms with E-state index in [1.807, 2.05) is 6.07 Å². The molecule has 0 radical (unpaired) electrons. The van der Waals surface area contributed by atoms with Gasteiger partial charge in [0.15, 0.2) is 0 Å². The predicted octanol–water partition coefficient (Wildman–Crippen LogP) is 1.80. The van der Waals surface area contributed by atoms with E-state index >= 15 is 0 Å². The Morgan fingerprint density at radius 2 is 2.29 bits per heavy atom. The maximum Gasteiger partial charge on any atom is 0.271 e. The second kappa shape index (κ2) is 3.75. The Morgan fingerprint density at radius 1 is 1.64 bits per heavy atom. The van der Waals surface area contributed by atoms with E-state index in [1.165, 1.54) is 18.2 Å². The number of nitriles is 1. The number of nitrogen functional groups attached to an aromatic ring is 1. The van der Waals surface area contributed by atoms with Crippen molar-refractivity contribution in [2.75, 3.05) is 5.73 Å². The van der Waals surface area contributed by atoms with Crippen LogP contribution in [-0.4, -0.2) is 4.92 Å². The zero-order valence-electron chi connectivity index (χ0n) is 7.60. The van der Waals surface area contributed by atoms with Gasteiger partial charge in [-0.05, 0) is 18.6 Å². The Labute approximate surface area is 80.9 Å². The minimum atomic E-state index is -0.517. The van der Waals surface area contributed by atoms with E-state index in [4.69, 9.17) is 11.0 Å². The number of hydrogen-bond acceptors (Lipinski definition) is 4. The molecule has 5 nitrogen and oxygen atoms in total. The summed E-state index contributed by atoms with van der Waals surface area (Å²) in [5.74, 6) is -0.351. The van der Waals surface area contributed by atoms with Crippen LogP contribution in [0.5, 0.6) is 0 Å². The summed E-state index contributed by atoms with van der Waals surface area (Å²) in [6, 6.07) is 6.15. The number of rotatable bonds is 2. The third kappa shape index (κ3) is 1.80. The quantitative estimate of drug-likeness (QED) is 0.438. The second-order valence-electron chi connectivity index (χ2n) is 2.92. The number of nitrogens with two attached hydrogens (primary N) is 1. The lowest BCUT2D eigenvalue weighted by atomic mass is 10.0. The van der Waals surface area contributed by atoms with E-state index < -0.39 is 4.92 Å². The van der Waals surface area contributed by atoms with Crippen LogP contribution in [0.15, 0.2) is 18.2 Å². The molecule has 1 rings (SSSR count). The summed E-state index contributed by atoms with van der Waals surface area (Å²) in [6.45, 7) is 1.69. The molecule has 0 aliphatic heterocycles. The van der Waals surface area contributed by atoms with Crippen LogP contribution in [0.1, 0.15) is 18.4 Å². The van der Waals surface area contributed by atoms with Crippen molar-refractivity contribution in [1.82, 2.24) is 0 Å². The monoisotopic (exact) mass is 191 g/mol. The Morgan fingerprint density at radius 3 is 2.71 bits per heavy atom. The minimum absolute atomic E-state index is 0.0589. The fourth-order valence-electron chi connectivity index (χ4n) is 1.14. The van der Waals surface area contributed by atoms with Crippen molar-refractivity contribution in [3.63, 3.8) is 0 Å². The van der Waals surface area contributed by atoms with Crippen LogP contribution < -0.4 is 5.73 Å². The van der Waals surface area contributed by atoms with Crippen molar-refractivity contribution in [1.29, 1.82) is 5.26 Å². The van der Waals surface area contributed by atoms with Gasteiger partial charge in [-0.1, -0.05) is 0 Å². The normalized spacial score (nSPS) is 11.7. The van der Waals surface area contributed by atoms with Crippen molar-refractivity contribution in [2.24, 2.45) is 0 Å². The standard InChI is InChI=1S/C9H9N3O2/c1-6(5-10)8-3-2-7(12(13)14)4-9(8)11/h2-4,6H,11H2,1H3. The largest absolute Gasteiger partial charge is 0.398 e. The van der Waals surface area contributed by atoms with Crippen LogP contribution in [0, 0.1) is 21.4 Å². The zero-order valence-corrected chi connectivity index (χ0v) is 7.60. The number of hydrogen-bond donors (Lipinski definition) is 1. The molecule has 0 aromatic heterocycles. The number of nitro benzene ring substituents is 1. The molecule has 1 unspecified atom stereocenters. The van der Waals surface area contributed by atoms with Crippen molar-refractivity contribution < 1.29 is 4.92 Å². The molecule has 5 heteroatoms. The molecular weight excluding hydrogens is 182 g/mol. The zero-order chi connectivity index (χ0) is 10.7. The Hall–Kier alpha value is -2.09. The molecule has 1 aromatic rings. The first-order valence-corrected chi connectivity index (χ1v) is 3.99. The van der Waals surface area contributed by atoms with Crippen LogP contribution in [0.2, 0.25) is 0 Å². The van der Waals surface area contributed by atoms with Crippen LogP contribution in [0.3, 0.4) is 0 Å². The molecule has 0 saturated carbocycles. The molecule has 72 valence electrons. The van der Waals surface area contributed by atoms with Gasteiger partial charge in [0.2, 0.25) is 0 Å². The highest BCUT2D eigenvalue weighted by Gasteiger charge is 2.12. The highest BCUT2D eigenvalue weighted by Crippen LogP contribution is 2.25. The first kappa shape index (κ1) is 9.99. The molecule has 0 bridgehead atoms. The van der Waals surface area contributed by atoms with Gasteiger partial charge in [0, 0.05) is 17.8 Å². The van der Waals surface area contributed by atoms with Gasteiger partial charge in [0.05, 0.1) is 16.9 Å². The van der Waals surface area contributed by atoms with Crippen molar-refractivity contribution >= 4 is 11.4 Å². The van der Waals surface area contributed by atoms with E-state index in [9.17, 15) is 10.1 Å². The van der Waals surface area contributed by atoms with Crippen LogP contribution in [0.25, 0.3) is 0 Å². The summed E-state index contributed by atoms with van der Waals surface area (Å²) < 4.78 is 0. The number of benzene rings is 1. The van der Waals surface area contributed by atoms with E-state index in [0.717, 1.165) is 0 Å². The molecule has 0 saturated heterocycles. The Kier molecular flexibility index (Phi) is 2.67. The number of non-ortho nitro benzene ring substituents is 1. The summed E-state index contributed by atoms with van der Waals surface area (Å²) >= 11 is 0. The second-order valence-corrected chi connectivity index (χ2v) is 2.92. The van der Waals surface area contributed by atoms with E-state index in [-0.39, 0.29) is 17.3 Å². The van der Waals surface area contributed by atoms with Crippen molar-refractivity contribution in [2.45, 2.75) is 12.8 Å². The molecule has 14 heavy (non-hydrogen) atoms. The van der Waals surface area contributed by atoms with Gasteiger partial charge in [-0.3, -0.25) is 10.1 Å². The highest BCUT2D eigenvalue weighted by molar-refractivity contribution is 5.56. The minimum Gasteiger partial charge on any atom is -0.398 e. The SMILES string of the molecule is CC(C#N)c1ccc([N+](=O)[O-])cc1N. The molecule has 0 aliphatic carbocycles. The molecule has 0 heterocycles. The van der Waals surface area contributed by atoms with Crippen molar-refractivity contribution in [3.05, 3.63) is 33.9 Å². The van der Waals surface area contributed by atoms with Gasteiger partial charge < -0.3 is 5.73 Å². The van der Waals surface area contributed by atoms with Gasteiger partial charge in [-0.15, -0.1) is 0 Å². The van der Waals surface area contributed by atoms with Gasteiger partial charge >= 0.3 is 0 Å². The number of nitrogens with zero attached hydrogens (tertiary/aromatic N) is 2. The van der Waals surface area contributed by atoms with Gasteiger partial charge in [0.1, 0.15) is 0 Å². The molecule has 2 N–H and O–H groups in total. The Balaban J connectivity index is 3.15. The van der Waals surface area contributed by atoms with Gasteiger partial charge in [-0.2, -0.15) is 5.26 Å². The van der Waals surface area contributed by atoms with Crippen molar-refractivity contribution in [3.8, 4) is 6.07 Å². The van der Waals surface area contributed by atoms with E-state index in [2.05, 4.69) is 0 Å². The molecule has 0 amide bonds. The van der Waals surface area contributed by atoms with E-state index in [1.54, 1.807) is 6.92 Å². The Bertz CT molecular complexity index is 409. The molecule has 0 spiro atoms. The first-order chi connectivity index (χ1) is 6.56. The lowest BCUT2D eigenvalue weighted by Crippen LogP contribution is -1.99. The summed E-state index contributed by atoms with van der Waals surface area (Å²) in [7, 11) is 0. The molecule has 0 aliphatic rings. The molecular formula is C9H9N3O2. The first-order valence-electron chi connectivity index (χ1n) is 3.99. The number of anilines is 1. The third-order valence-electron chi connectivity index (χ3n) is 1.94. The summed E-state index contributed by atoms with van der Waals surface area (Å²) in [4.78, 5) is 9.87. The number of nitro groups is 1. The summed E-state index contributed by atoms with van der Waals surface area (Å²) in [5, 5.41) is 19.0. The fourth-order valence-corrected chi connectivity index (χ4v) is 1.14. The molecule has 1 aromatic carbocycles. The van der Waals surface area contributed by atoms with Crippen LogP contribution >= 0.6 is 0 Å². The third-order valence-corrected chi connectivity index (χ3v) is 1.94. The lowest BCUT2D eigenvalue weighted by molar-refractivity contribution is -0.384.